The van der Waals surface area contributed by atoms with E-state index in [0.717, 1.165) is 25.1 Å². The summed E-state index contributed by atoms with van der Waals surface area (Å²) < 4.78 is 10.6. The summed E-state index contributed by atoms with van der Waals surface area (Å²) in [4.78, 5) is 26.5. The molecule has 7 heteroatoms. The summed E-state index contributed by atoms with van der Waals surface area (Å²) in [6.45, 7) is 2.94. The lowest BCUT2D eigenvalue weighted by Gasteiger charge is -2.37. The van der Waals surface area contributed by atoms with E-state index in [1.165, 1.54) is 0 Å². The predicted octanol–water partition coefficient (Wildman–Crippen LogP) is 1.24. The highest BCUT2D eigenvalue weighted by Crippen LogP contribution is 2.24. The summed E-state index contributed by atoms with van der Waals surface area (Å²) >= 11 is 0. The standard InChI is InChI=1S/C17H24N2O5/c20-15(18-17(16(21)22)5-9-23-10-6-17)13-3-1-7-19(11-13)12-14-4-2-8-24-14/h2,4,8,13H,1,3,5-7,9-12H2,(H,18,20)(H,21,22). The first-order chi connectivity index (χ1) is 11.6. The number of nitrogens with one attached hydrogen (secondary N) is 1. The maximum Gasteiger partial charge on any atom is 0.329 e. The van der Waals surface area contributed by atoms with Crippen LogP contribution in [0.5, 0.6) is 0 Å². The van der Waals surface area contributed by atoms with Crippen LogP contribution in [0.3, 0.4) is 0 Å². The van der Waals surface area contributed by atoms with E-state index in [0.29, 0.717) is 39.1 Å². The second kappa shape index (κ2) is 7.36. The van der Waals surface area contributed by atoms with E-state index in [2.05, 4.69) is 10.2 Å². The van der Waals surface area contributed by atoms with Crippen LogP contribution in [0.4, 0.5) is 0 Å². The molecule has 3 heterocycles. The Balaban J connectivity index is 1.60. The van der Waals surface area contributed by atoms with Gasteiger partial charge < -0.3 is 19.6 Å². The molecule has 2 aliphatic heterocycles. The summed E-state index contributed by atoms with van der Waals surface area (Å²) in [5.41, 5.74) is -1.18. The molecule has 1 amide bonds. The van der Waals surface area contributed by atoms with E-state index < -0.39 is 11.5 Å². The molecule has 24 heavy (non-hydrogen) atoms. The van der Waals surface area contributed by atoms with Gasteiger partial charge in [0.1, 0.15) is 11.3 Å². The number of amides is 1. The van der Waals surface area contributed by atoms with Crippen molar-refractivity contribution in [3.63, 3.8) is 0 Å². The van der Waals surface area contributed by atoms with Crippen molar-refractivity contribution in [3.05, 3.63) is 24.2 Å². The van der Waals surface area contributed by atoms with E-state index in [4.69, 9.17) is 9.15 Å². The average molecular weight is 336 g/mol. The number of piperidine rings is 1. The van der Waals surface area contributed by atoms with Crippen LogP contribution in [0.15, 0.2) is 22.8 Å². The van der Waals surface area contributed by atoms with Gasteiger partial charge in [0.25, 0.3) is 0 Å². The number of likely N-dealkylation sites (tertiary alicyclic amines) is 1. The van der Waals surface area contributed by atoms with Crippen LogP contribution in [-0.4, -0.2) is 53.7 Å². The van der Waals surface area contributed by atoms with Crippen LogP contribution in [0.1, 0.15) is 31.4 Å². The molecule has 0 aliphatic carbocycles. The van der Waals surface area contributed by atoms with Crippen LogP contribution in [0, 0.1) is 5.92 Å². The van der Waals surface area contributed by atoms with Gasteiger partial charge in [-0.3, -0.25) is 9.69 Å². The number of ether oxygens (including phenoxy) is 1. The van der Waals surface area contributed by atoms with Crippen molar-refractivity contribution in [2.45, 2.75) is 37.8 Å². The number of aliphatic carboxylic acids is 1. The molecule has 2 aliphatic rings. The number of furan rings is 1. The topological polar surface area (TPSA) is 92.0 Å². The number of carbonyl (C=O) groups excluding carboxylic acids is 1. The Morgan fingerprint density at radius 3 is 2.83 bits per heavy atom. The second-order valence-electron chi connectivity index (χ2n) is 6.64. The summed E-state index contributed by atoms with van der Waals surface area (Å²) in [7, 11) is 0. The van der Waals surface area contributed by atoms with Crippen LogP contribution in [-0.2, 0) is 20.9 Å². The fraction of sp³-hybridized carbons (Fsp3) is 0.647. The number of carboxylic acid groups (broad SMARTS) is 1. The molecule has 7 nitrogen and oxygen atoms in total. The maximum absolute atomic E-state index is 12.7. The zero-order valence-electron chi connectivity index (χ0n) is 13.7. The largest absolute Gasteiger partial charge is 0.480 e. The lowest BCUT2D eigenvalue weighted by Crippen LogP contribution is -2.59. The van der Waals surface area contributed by atoms with E-state index in [1.807, 2.05) is 12.1 Å². The molecule has 1 aromatic heterocycles. The van der Waals surface area contributed by atoms with Crippen molar-refractivity contribution in [1.82, 2.24) is 10.2 Å². The maximum atomic E-state index is 12.7. The molecule has 0 radical (unpaired) electrons. The molecule has 132 valence electrons. The van der Waals surface area contributed by atoms with Crippen molar-refractivity contribution in [1.29, 1.82) is 0 Å². The van der Waals surface area contributed by atoms with Gasteiger partial charge in [-0.25, -0.2) is 4.79 Å². The van der Waals surface area contributed by atoms with Crippen molar-refractivity contribution >= 4 is 11.9 Å². The molecule has 0 saturated carbocycles. The fourth-order valence-corrected chi connectivity index (χ4v) is 3.49. The lowest BCUT2D eigenvalue weighted by molar-refractivity contribution is -0.153. The van der Waals surface area contributed by atoms with Crippen LogP contribution in [0.25, 0.3) is 0 Å². The molecule has 2 saturated heterocycles. The van der Waals surface area contributed by atoms with Gasteiger partial charge in [-0.15, -0.1) is 0 Å². The molecule has 2 fully saturated rings. The summed E-state index contributed by atoms with van der Waals surface area (Å²) in [5.74, 6) is -0.443. The van der Waals surface area contributed by atoms with Gasteiger partial charge in [0.2, 0.25) is 5.91 Å². The SMILES string of the molecule is O=C(NC1(C(=O)O)CCOCC1)C1CCCN(Cc2ccco2)C1. The molecular formula is C17H24N2O5. The summed E-state index contributed by atoms with van der Waals surface area (Å²) in [5, 5.41) is 12.4. The van der Waals surface area contributed by atoms with Gasteiger partial charge in [-0.1, -0.05) is 0 Å². The summed E-state index contributed by atoms with van der Waals surface area (Å²) in [6, 6.07) is 3.77. The second-order valence-corrected chi connectivity index (χ2v) is 6.64. The normalized spacial score (nSPS) is 24.4. The quantitative estimate of drug-likeness (QED) is 0.840. The first-order valence-corrected chi connectivity index (χ1v) is 8.47. The van der Waals surface area contributed by atoms with Gasteiger partial charge >= 0.3 is 5.97 Å². The van der Waals surface area contributed by atoms with Crippen LogP contribution < -0.4 is 5.32 Å². The smallest absolute Gasteiger partial charge is 0.329 e. The number of nitrogens with zero attached hydrogens (tertiary/aromatic N) is 1. The lowest BCUT2D eigenvalue weighted by atomic mass is 9.88. The highest BCUT2D eigenvalue weighted by atomic mass is 16.5. The first-order valence-electron chi connectivity index (χ1n) is 8.47. The molecule has 1 atom stereocenters. The zero-order chi connectivity index (χ0) is 17.0. The van der Waals surface area contributed by atoms with Crippen molar-refractivity contribution in [2.24, 2.45) is 5.92 Å². The van der Waals surface area contributed by atoms with Gasteiger partial charge in [0.15, 0.2) is 0 Å². The number of hydrogen-bond donors (Lipinski definition) is 2. The zero-order valence-corrected chi connectivity index (χ0v) is 13.7. The third-order valence-electron chi connectivity index (χ3n) is 4.95. The van der Waals surface area contributed by atoms with E-state index in [1.54, 1.807) is 6.26 Å². The predicted molar refractivity (Wildman–Crippen MR) is 85.3 cm³/mol. The fourth-order valence-electron chi connectivity index (χ4n) is 3.49. The highest BCUT2D eigenvalue weighted by Gasteiger charge is 2.43. The Morgan fingerprint density at radius 1 is 1.38 bits per heavy atom. The van der Waals surface area contributed by atoms with Gasteiger partial charge in [-0.2, -0.15) is 0 Å². The van der Waals surface area contributed by atoms with E-state index in [-0.39, 0.29) is 11.8 Å². The Labute approximate surface area is 140 Å². The first kappa shape index (κ1) is 17.0. The minimum Gasteiger partial charge on any atom is -0.480 e. The Kier molecular flexibility index (Phi) is 5.20. The van der Waals surface area contributed by atoms with Crippen LogP contribution in [0.2, 0.25) is 0 Å². The molecule has 2 N–H and O–H groups in total. The van der Waals surface area contributed by atoms with Crippen molar-refractivity contribution < 1.29 is 23.8 Å². The molecular weight excluding hydrogens is 312 g/mol. The van der Waals surface area contributed by atoms with Crippen molar-refractivity contribution in [3.8, 4) is 0 Å². The molecule has 0 bridgehead atoms. The highest BCUT2D eigenvalue weighted by molar-refractivity contribution is 5.88. The third kappa shape index (κ3) is 3.79. The number of carbonyl (C=O) groups is 2. The third-order valence-corrected chi connectivity index (χ3v) is 4.95. The van der Waals surface area contributed by atoms with E-state index in [9.17, 15) is 14.7 Å². The molecule has 1 unspecified atom stereocenters. The Morgan fingerprint density at radius 2 is 2.17 bits per heavy atom. The van der Waals surface area contributed by atoms with Crippen LogP contribution >= 0.6 is 0 Å². The number of rotatable bonds is 5. The Bertz CT molecular complexity index is 566. The van der Waals surface area contributed by atoms with E-state index >= 15 is 0 Å². The summed E-state index contributed by atoms with van der Waals surface area (Å²) in [6.07, 6.45) is 3.98. The Hall–Kier alpha value is -1.86. The van der Waals surface area contributed by atoms with Gasteiger partial charge in [0, 0.05) is 32.6 Å². The van der Waals surface area contributed by atoms with Gasteiger partial charge in [-0.05, 0) is 31.5 Å². The monoisotopic (exact) mass is 336 g/mol. The molecule has 0 spiro atoms. The number of hydrogen-bond acceptors (Lipinski definition) is 5. The molecule has 1 aromatic rings. The number of carboxylic acids is 1. The average Bonchev–Trinajstić information content (AvgIpc) is 3.09. The van der Waals surface area contributed by atoms with Crippen molar-refractivity contribution in [2.75, 3.05) is 26.3 Å². The molecule has 3 rings (SSSR count). The minimum absolute atomic E-state index is 0.163. The van der Waals surface area contributed by atoms with Gasteiger partial charge in [0.05, 0.1) is 18.7 Å². The minimum atomic E-state index is -1.18. The molecule has 0 aromatic carbocycles.